The van der Waals surface area contributed by atoms with Crippen LogP contribution in [0.4, 0.5) is 0 Å². The lowest BCUT2D eigenvalue weighted by Gasteiger charge is -2.60. The monoisotopic (exact) mass is 384 g/mol. The molecule has 3 saturated carbocycles. The van der Waals surface area contributed by atoms with Crippen molar-refractivity contribution in [2.45, 2.75) is 64.8 Å². The molecule has 2 heterocycles. The predicted molar refractivity (Wildman–Crippen MR) is 102 cm³/mol. The molecule has 28 heavy (non-hydrogen) atoms. The molecule has 7 atom stereocenters. The number of hydrogen-bond donors (Lipinski definition) is 0. The van der Waals surface area contributed by atoms with E-state index >= 15 is 0 Å². The third-order valence-electron chi connectivity index (χ3n) is 8.21. The van der Waals surface area contributed by atoms with Crippen LogP contribution in [0.3, 0.4) is 0 Å². The highest BCUT2D eigenvalue weighted by Gasteiger charge is 2.78. The van der Waals surface area contributed by atoms with E-state index in [1.54, 1.807) is 6.08 Å². The second-order valence-electron chi connectivity index (χ2n) is 10.0. The second kappa shape index (κ2) is 5.25. The van der Waals surface area contributed by atoms with E-state index in [0.29, 0.717) is 17.4 Å². The van der Waals surface area contributed by atoms with Crippen molar-refractivity contribution in [3.05, 3.63) is 35.5 Å². The Hall–Kier alpha value is -1.72. The maximum atomic E-state index is 12.8. The Balaban J connectivity index is 1.73. The van der Waals surface area contributed by atoms with Crippen LogP contribution in [0.5, 0.6) is 0 Å². The van der Waals surface area contributed by atoms with Gasteiger partial charge >= 0.3 is 5.97 Å². The summed E-state index contributed by atoms with van der Waals surface area (Å²) in [6.07, 6.45) is 4.89. The van der Waals surface area contributed by atoms with Crippen molar-refractivity contribution in [2.75, 3.05) is 0 Å². The molecule has 0 bridgehead atoms. The van der Waals surface area contributed by atoms with Crippen LogP contribution in [0.25, 0.3) is 0 Å². The Labute approximate surface area is 165 Å². The topological polar surface area (TPSA) is 61.8 Å². The number of hydrogen-bond acceptors (Lipinski definition) is 5. The Morgan fingerprint density at radius 1 is 1.29 bits per heavy atom. The maximum Gasteiger partial charge on any atom is 0.334 e. The lowest BCUT2D eigenvalue weighted by Crippen LogP contribution is -2.70. The zero-order valence-corrected chi connectivity index (χ0v) is 17.2. The first-order valence-electron chi connectivity index (χ1n) is 10.2. The molecule has 0 unspecified atom stereocenters. The van der Waals surface area contributed by atoms with E-state index in [1.807, 2.05) is 26.8 Å². The molecular formula is C23H28O5. The molecule has 0 aromatic rings. The molecule has 0 amide bonds. The molecule has 5 aliphatic rings. The molecule has 0 N–H and O–H groups in total. The summed E-state index contributed by atoms with van der Waals surface area (Å²) in [5, 5.41) is 0. The van der Waals surface area contributed by atoms with Crippen LogP contribution in [-0.2, 0) is 24.1 Å². The van der Waals surface area contributed by atoms with Crippen LogP contribution >= 0.6 is 0 Å². The largest absolute Gasteiger partial charge is 0.447 e. The predicted octanol–water partition coefficient (Wildman–Crippen LogP) is 3.70. The summed E-state index contributed by atoms with van der Waals surface area (Å²) in [7, 11) is 0. The molecule has 5 rings (SSSR count). The van der Waals surface area contributed by atoms with Gasteiger partial charge in [0.1, 0.15) is 11.7 Å². The van der Waals surface area contributed by atoms with Crippen molar-refractivity contribution in [1.82, 2.24) is 0 Å². The van der Waals surface area contributed by atoms with Crippen molar-refractivity contribution in [2.24, 2.45) is 29.1 Å². The number of allylic oxidation sites excluding steroid dienone is 2. The molecule has 1 spiro atoms. The van der Waals surface area contributed by atoms with Crippen molar-refractivity contribution in [3.8, 4) is 0 Å². The van der Waals surface area contributed by atoms with Gasteiger partial charge in [0.25, 0.3) is 0 Å². The minimum Gasteiger partial charge on any atom is -0.447 e. The van der Waals surface area contributed by atoms with E-state index in [1.165, 1.54) is 12.5 Å². The summed E-state index contributed by atoms with van der Waals surface area (Å²) in [5.74, 6) is 0.628. The zero-order valence-electron chi connectivity index (χ0n) is 17.2. The quantitative estimate of drug-likeness (QED) is 0.314. The average molecular weight is 384 g/mol. The van der Waals surface area contributed by atoms with Gasteiger partial charge in [0.2, 0.25) is 0 Å². The lowest BCUT2D eigenvalue weighted by atomic mass is 9.52. The fourth-order valence-corrected chi connectivity index (χ4v) is 6.77. The zero-order chi connectivity index (χ0) is 20.2. The molecule has 0 aromatic heterocycles. The number of ketones is 1. The molecular weight excluding hydrogens is 356 g/mol. The molecule has 2 aliphatic heterocycles. The van der Waals surface area contributed by atoms with Crippen LogP contribution in [-0.4, -0.2) is 29.1 Å². The highest BCUT2D eigenvalue weighted by atomic mass is 17.2. The first-order chi connectivity index (χ1) is 13.0. The van der Waals surface area contributed by atoms with Crippen LogP contribution in [0, 0.1) is 29.1 Å². The second-order valence-corrected chi connectivity index (χ2v) is 10.0. The summed E-state index contributed by atoms with van der Waals surface area (Å²) in [6.45, 7) is 13.9. The molecule has 150 valence electrons. The van der Waals surface area contributed by atoms with Gasteiger partial charge in [-0.1, -0.05) is 25.2 Å². The number of ether oxygens (including phenoxy) is 1. The van der Waals surface area contributed by atoms with Crippen molar-refractivity contribution >= 4 is 11.8 Å². The van der Waals surface area contributed by atoms with Gasteiger partial charge in [0, 0.05) is 11.0 Å². The third-order valence-corrected chi connectivity index (χ3v) is 8.21. The van der Waals surface area contributed by atoms with Crippen LogP contribution in [0.15, 0.2) is 35.5 Å². The average Bonchev–Trinajstić information content (AvgIpc) is 3.32. The summed E-state index contributed by atoms with van der Waals surface area (Å²) in [4.78, 5) is 36.6. The van der Waals surface area contributed by atoms with Crippen molar-refractivity contribution in [3.63, 3.8) is 0 Å². The van der Waals surface area contributed by atoms with Crippen molar-refractivity contribution < 1.29 is 24.1 Å². The van der Waals surface area contributed by atoms with Gasteiger partial charge in [0.15, 0.2) is 11.4 Å². The fraction of sp³-hybridized carbons (Fsp3) is 0.652. The standard InChI is InChI=1S/C23H28O5/c1-11(24)7-8-18-21(4,5)28-27-20-22(6)15(12(2)14-9-17(14)22)10-16-13(3)19(25)26-23(16,18)20/h7-8,14-15,17-18,20H,2,9-10H2,1,3-6H3/b8-7+/t14-,15+,17-,18+,20+,22-,23-/m1/s1. The van der Waals surface area contributed by atoms with E-state index in [4.69, 9.17) is 14.5 Å². The number of esters is 1. The summed E-state index contributed by atoms with van der Waals surface area (Å²) >= 11 is 0. The minimum absolute atomic E-state index is 0.0433. The van der Waals surface area contributed by atoms with E-state index < -0.39 is 17.3 Å². The van der Waals surface area contributed by atoms with E-state index in [-0.39, 0.29) is 29.0 Å². The normalized spacial score (nSPS) is 48.1. The Bertz CT molecular complexity index is 879. The van der Waals surface area contributed by atoms with Gasteiger partial charge < -0.3 is 4.74 Å². The van der Waals surface area contributed by atoms with Crippen LogP contribution < -0.4 is 0 Å². The molecule has 0 aromatic carbocycles. The van der Waals surface area contributed by atoms with E-state index in [9.17, 15) is 9.59 Å². The summed E-state index contributed by atoms with van der Waals surface area (Å²) in [6, 6.07) is 0. The number of rotatable bonds is 2. The van der Waals surface area contributed by atoms with Gasteiger partial charge in [-0.3, -0.25) is 4.79 Å². The molecule has 4 fully saturated rings. The lowest BCUT2D eigenvalue weighted by molar-refractivity contribution is -0.462. The minimum atomic E-state index is -0.933. The molecule has 1 saturated heterocycles. The van der Waals surface area contributed by atoms with Gasteiger partial charge in [-0.2, -0.15) is 0 Å². The molecule has 3 aliphatic carbocycles. The Kier molecular flexibility index (Phi) is 3.43. The number of carbonyl (C=O) groups excluding carboxylic acids is 2. The van der Waals surface area contributed by atoms with E-state index in [0.717, 1.165) is 18.4 Å². The van der Waals surface area contributed by atoms with E-state index in [2.05, 4.69) is 13.5 Å². The third kappa shape index (κ3) is 1.94. The van der Waals surface area contributed by atoms with Gasteiger partial charge in [-0.25, -0.2) is 14.6 Å². The highest BCUT2D eigenvalue weighted by molar-refractivity contribution is 5.93. The van der Waals surface area contributed by atoms with Crippen LogP contribution in [0.1, 0.15) is 47.5 Å². The SMILES string of the molecule is C=C1[C@H]2C[C@H]2[C@]2(C)[C@@H]3OOC(C)(C)[C@H](/C=C/C(C)=O)[C@@]34OC(=O)C(C)=C4C[C@@H]12. The molecule has 0 radical (unpaired) electrons. The first kappa shape index (κ1) is 18.3. The summed E-state index contributed by atoms with van der Waals surface area (Å²) in [5.41, 5.74) is 1.07. The smallest absolute Gasteiger partial charge is 0.334 e. The number of carbonyl (C=O) groups is 2. The molecule has 5 heteroatoms. The Morgan fingerprint density at radius 2 is 2.00 bits per heavy atom. The highest BCUT2D eigenvalue weighted by Crippen LogP contribution is 2.75. The first-order valence-corrected chi connectivity index (χ1v) is 10.2. The number of fused-ring (bicyclic) bond motifs is 4. The van der Waals surface area contributed by atoms with Gasteiger partial charge in [-0.15, -0.1) is 0 Å². The Morgan fingerprint density at radius 3 is 2.68 bits per heavy atom. The van der Waals surface area contributed by atoms with Gasteiger partial charge in [-0.05, 0) is 69.9 Å². The summed E-state index contributed by atoms with van der Waals surface area (Å²) < 4.78 is 6.21. The maximum absolute atomic E-state index is 12.8. The van der Waals surface area contributed by atoms with Crippen molar-refractivity contribution in [1.29, 1.82) is 0 Å². The molecule has 5 nitrogen and oxygen atoms in total. The van der Waals surface area contributed by atoms with Crippen LogP contribution in [0.2, 0.25) is 0 Å². The van der Waals surface area contributed by atoms with Gasteiger partial charge in [0.05, 0.1) is 5.92 Å². The fourth-order valence-electron chi connectivity index (χ4n) is 6.77.